The van der Waals surface area contributed by atoms with Gasteiger partial charge < -0.3 is 15.4 Å². The quantitative estimate of drug-likeness (QED) is 0.863. The van der Waals surface area contributed by atoms with Crippen molar-refractivity contribution in [1.82, 2.24) is 9.88 Å². The van der Waals surface area contributed by atoms with Crippen LogP contribution in [0.4, 0.5) is 5.69 Å². The molecule has 0 aromatic carbocycles. The summed E-state index contributed by atoms with van der Waals surface area (Å²) in [4.78, 5) is 6.82. The van der Waals surface area contributed by atoms with Gasteiger partial charge in [0.2, 0.25) is 0 Å². The predicted molar refractivity (Wildman–Crippen MR) is 73.4 cm³/mol. The van der Waals surface area contributed by atoms with Gasteiger partial charge in [0.15, 0.2) is 0 Å². The lowest BCUT2D eigenvalue weighted by atomic mass is 10.1. The van der Waals surface area contributed by atoms with Crippen molar-refractivity contribution in [2.45, 2.75) is 32.3 Å². The molecule has 0 unspecified atom stereocenters. The van der Waals surface area contributed by atoms with Gasteiger partial charge in [-0.1, -0.05) is 0 Å². The molecule has 100 valence electrons. The van der Waals surface area contributed by atoms with Crippen molar-refractivity contribution in [3.05, 3.63) is 24.0 Å². The first-order valence-electron chi connectivity index (χ1n) is 6.82. The van der Waals surface area contributed by atoms with Crippen LogP contribution in [0, 0.1) is 0 Å². The predicted octanol–water partition coefficient (Wildman–Crippen LogP) is 1.71. The minimum atomic E-state index is 0.473. The van der Waals surface area contributed by atoms with Gasteiger partial charge in [0, 0.05) is 38.4 Å². The van der Waals surface area contributed by atoms with E-state index in [2.05, 4.69) is 16.8 Å². The van der Waals surface area contributed by atoms with E-state index in [1.165, 1.54) is 0 Å². The number of piperidine rings is 1. The van der Waals surface area contributed by atoms with Gasteiger partial charge in [0.25, 0.3) is 0 Å². The lowest BCUT2D eigenvalue weighted by Gasteiger charge is -2.31. The molecule has 1 aromatic heterocycles. The largest absolute Gasteiger partial charge is 0.397 e. The normalized spacial score (nSPS) is 18.1. The van der Waals surface area contributed by atoms with Gasteiger partial charge >= 0.3 is 0 Å². The van der Waals surface area contributed by atoms with Gasteiger partial charge in [-0.3, -0.25) is 4.98 Å². The summed E-state index contributed by atoms with van der Waals surface area (Å²) in [5, 5.41) is 0. The summed E-state index contributed by atoms with van der Waals surface area (Å²) in [5.41, 5.74) is 7.48. The van der Waals surface area contributed by atoms with E-state index < -0.39 is 0 Å². The number of hydrogen-bond acceptors (Lipinski definition) is 4. The van der Waals surface area contributed by atoms with Crippen LogP contribution in [0.15, 0.2) is 18.3 Å². The third-order valence-electron chi connectivity index (χ3n) is 3.47. The molecular weight excluding hydrogens is 226 g/mol. The highest BCUT2D eigenvalue weighted by Gasteiger charge is 2.18. The smallest absolute Gasteiger partial charge is 0.0599 e. The minimum absolute atomic E-state index is 0.473. The fraction of sp³-hybridized carbons (Fsp3) is 0.643. The molecule has 1 saturated heterocycles. The summed E-state index contributed by atoms with van der Waals surface area (Å²) >= 11 is 0. The van der Waals surface area contributed by atoms with Gasteiger partial charge in [0.1, 0.15) is 0 Å². The van der Waals surface area contributed by atoms with E-state index >= 15 is 0 Å². The summed E-state index contributed by atoms with van der Waals surface area (Å²) in [6.07, 6.45) is 5.52. The van der Waals surface area contributed by atoms with E-state index in [1.807, 2.05) is 12.1 Å². The van der Waals surface area contributed by atoms with Crippen LogP contribution < -0.4 is 5.73 Å². The second kappa shape index (κ2) is 6.71. The molecule has 1 aromatic rings. The molecule has 1 aliphatic rings. The standard InChI is InChI=1S/C14H23N3O/c1-2-18-14-6-9-17(10-7-14)8-5-13-4-3-12(15)11-16-13/h3-4,11,14H,2,5-10,15H2,1H3. The number of pyridine rings is 1. The SMILES string of the molecule is CCOC1CCN(CCc2ccc(N)cn2)CC1. The molecule has 2 N–H and O–H groups in total. The zero-order valence-electron chi connectivity index (χ0n) is 11.1. The van der Waals surface area contributed by atoms with E-state index in [4.69, 9.17) is 10.5 Å². The number of aromatic nitrogens is 1. The van der Waals surface area contributed by atoms with Crippen LogP contribution in [0.3, 0.4) is 0 Å². The Morgan fingerprint density at radius 1 is 1.39 bits per heavy atom. The fourth-order valence-corrected chi connectivity index (χ4v) is 2.39. The molecule has 2 rings (SSSR count). The maximum atomic E-state index is 5.65. The topological polar surface area (TPSA) is 51.4 Å². The number of nitrogen functional groups attached to an aromatic ring is 1. The van der Waals surface area contributed by atoms with Crippen LogP contribution in [-0.4, -0.2) is 42.2 Å². The van der Waals surface area contributed by atoms with Crippen LogP contribution in [-0.2, 0) is 11.2 Å². The maximum absolute atomic E-state index is 5.65. The average Bonchev–Trinajstić information content (AvgIpc) is 2.40. The van der Waals surface area contributed by atoms with Crippen molar-refractivity contribution in [3.63, 3.8) is 0 Å². The number of nitrogens with zero attached hydrogens (tertiary/aromatic N) is 2. The van der Waals surface area contributed by atoms with E-state index in [9.17, 15) is 0 Å². The summed E-state index contributed by atoms with van der Waals surface area (Å²) in [6.45, 7) is 6.26. The number of rotatable bonds is 5. The molecule has 4 nitrogen and oxygen atoms in total. The van der Waals surface area contributed by atoms with Crippen LogP contribution in [0.25, 0.3) is 0 Å². The zero-order valence-corrected chi connectivity index (χ0v) is 11.1. The molecule has 0 saturated carbocycles. The monoisotopic (exact) mass is 249 g/mol. The Labute approximate surface area is 109 Å². The minimum Gasteiger partial charge on any atom is -0.397 e. The van der Waals surface area contributed by atoms with Gasteiger partial charge in [0.05, 0.1) is 18.0 Å². The van der Waals surface area contributed by atoms with E-state index in [0.717, 1.165) is 56.9 Å². The summed E-state index contributed by atoms with van der Waals surface area (Å²) in [7, 11) is 0. The van der Waals surface area contributed by atoms with Crippen LogP contribution in [0.5, 0.6) is 0 Å². The molecule has 4 heteroatoms. The molecule has 18 heavy (non-hydrogen) atoms. The number of likely N-dealkylation sites (tertiary alicyclic amines) is 1. The first kappa shape index (κ1) is 13.3. The van der Waals surface area contributed by atoms with Crippen LogP contribution >= 0.6 is 0 Å². The highest BCUT2D eigenvalue weighted by Crippen LogP contribution is 2.14. The van der Waals surface area contributed by atoms with Crippen molar-refractivity contribution in [1.29, 1.82) is 0 Å². The number of ether oxygens (including phenoxy) is 1. The van der Waals surface area contributed by atoms with Gasteiger partial charge in [-0.2, -0.15) is 0 Å². The molecule has 2 heterocycles. The third kappa shape index (κ3) is 3.96. The van der Waals surface area contributed by atoms with Crippen LogP contribution in [0.1, 0.15) is 25.5 Å². The first-order chi connectivity index (χ1) is 8.78. The van der Waals surface area contributed by atoms with Crippen molar-refractivity contribution in [3.8, 4) is 0 Å². The lowest BCUT2D eigenvalue weighted by Crippen LogP contribution is -2.38. The Morgan fingerprint density at radius 3 is 2.78 bits per heavy atom. The number of nitrogens with two attached hydrogens (primary N) is 1. The summed E-state index contributed by atoms with van der Waals surface area (Å²) < 4.78 is 5.65. The van der Waals surface area contributed by atoms with Crippen LogP contribution in [0.2, 0.25) is 0 Å². The zero-order chi connectivity index (χ0) is 12.8. The fourth-order valence-electron chi connectivity index (χ4n) is 2.39. The molecule has 0 bridgehead atoms. The highest BCUT2D eigenvalue weighted by atomic mass is 16.5. The highest BCUT2D eigenvalue weighted by molar-refractivity contribution is 5.34. The van der Waals surface area contributed by atoms with Crippen molar-refractivity contribution in [2.24, 2.45) is 0 Å². The Bertz CT molecular complexity index is 345. The molecular formula is C14H23N3O. The average molecular weight is 249 g/mol. The van der Waals surface area contributed by atoms with E-state index in [1.54, 1.807) is 6.20 Å². The summed E-state index contributed by atoms with van der Waals surface area (Å²) in [6, 6.07) is 3.94. The molecule has 1 aliphatic heterocycles. The molecule has 1 fully saturated rings. The number of hydrogen-bond donors (Lipinski definition) is 1. The second-order valence-electron chi connectivity index (χ2n) is 4.83. The molecule has 0 aliphatic carbocycles. The van der Waals surface area contributed by atoms with Crippen molar-refractivity contribution < 1.29 is 4.74 Å². The molecule has 0 spiro atoms. The van der Waals surface area contributed by atoms with Gasteiger partial charge in [-0.05, 0) is 31.9 Å². The van der Waals surface area contributed by atoms with Crippen molar-refractivity contribution >= 4 is 5.69 Å². The number of anilines is 1. The van der Waals surface area contributed by atoms with E-state index in [0.29, 0.717) is 6.10 Å². The second-order valence-corrected chi connectivity index (χ2v) is 4.83. The molecule has 0 radical (unpaired) electrons. The van der Waals surface area contributed by atoms with E-state index in [-0.39, 0.29) is 0 Å². The Morgan fingerprint density at radius 2 is 2.17 bits per heavy atom. The molecule has 0 amide bonds. The Balaban J connectivity index is 1.70. The summed E-state index contributed by atoms with van der Waals surface area (Å²) in [5.74, 6) is 0. The van der Waals surface area contributed by atoms with Gasteiger partial charge in [-0.15, -0.1) is 0 Å². The lowest BCUT2D eigenvalue weighted by molar-refractivity contribution is 0.0145. The maximum Gasteiger partial charge on any atom is 0.0599 e. The van der Waals surface area contributed by atoms with Gasteiger partial charge in [-0.25, -0.2) is 0 Å². The Hall–Kier alpha value is -1.13. The molecule has 0 atom stereocenters. The first-order valence-corrected chi connectivity index (χ1v) is 6.82. The van der Waals surface area contributed by atoms with Crippen molar-refractivity contribution in [2.75, 3.05) is 32.0 Å². The Kier molecular flexibility index (Phi) is 4.96. The third-order valence-corrected chi connectivity index (χ3v) is 3.47.